The Morgan fingerprint density at radius 3 is 2.71 bits per heavy atom. The molecule has 0 spiro atoms. The van der Waals surface area contributed by atoms with Gasteiger partial charge in [0.2, 0.25) is 5.91 Å². The van der Waals surface area contributed by atoms with Crippen LogP contribution in [0.15, 0.2) is 0 Å². The van der Waals surface area contributed by atoms with Crippen LogP contribution in [-0.4, -0.2) is 56.7 Å². The maximum absolute atomic E-state index is 11.8. The van der Waals surface area contributed by atoms with Gasteiger partial charge in [-0.3, -0.25) is 9.69 Å². The lowest BCUT2D eigenvalue weighted by molar-refractivity contribution is -0.121. The predicted octanol–water partition coefficient (Wildman–Crippen LogP) is 1.37. The van der Waals surface area contributed by atoms with Gasteiger partial charge in [-0.2, -0.15) is 0 Å². The van der Waals surface area contributed by atoms with Crippen LogP contribution < -0.4 is 11.1 Å². The van der Waals surface area contributed by atoms with Crippen molar-refractivity contribution in [3.63, 3.8) is 0 Å². The predicted molar refractivity (Wildman–Crippen MR) is 86.2 cm³/mol. The van der Waals surface area contributed by atoms with E-state index in [2.05, 4.69) is 17.1 Å². The molecule has 0 aromatic carbocycles. The van der Waals surface area contributed by atoms with E-state index in [0.717, 1.165) is 65.2 Å². The van der Waals surface area contributed by atoms with Crippen LogP contribution in [0.5, 0.6) is 0 Å². The molecule has 1 saturated heterocycles. The summed E-state index contributed by atoms with van der Waals surface area (Å²) in [5.74, 6) is 0.800. The third-order valence-electron chi connectivity index (χ3n) is 4.13. The van der Waals surface area contributed by atoms with Gasteiger partial charge in [-0.15, -0.1) is 0 Å². The summed E-state index contributed by atoms with van der Waals surface area (Å²) in [6, 6.07) is 0. The van der Waals surface area contributed by atoms with Crippen molar-refractivity contribution in [2.75, 3.05) is 45.9 Å². The van der Waals surface area contributed by atoms with Gasteiger partial charge in [-0.05, 0) is 38.3 Å². The number of morpholine rings is 1. The van der Waals surface area contributed by atoms with Gasteiger partial charge in [0.1, 0.15) is 0 Å². The zero-order chi connectivity index (χ0) is 15.3. The molecule has 1 rings (SSSR count). The average molecular weight is 299 g/mol. The third-order valence-corrected chi connectivity index (χ3v) is 4.13. The van der Waals surface area contributed by atoms with Gasteiger partial charge in [0.25, 0.3) is 0 Å². The van der Waals surface area contributed by atoms with Gasteiger partial charge in [-0.1, -0.05) is 19.8 Å². The summed E-state index contributed by atoms with van der Waals surface area (Å²) < 4.78 is 5.32. The maximum Gasteiger partial charge on any atom is 0.220 e. The van der Waals surface area contributed by atoms with Crippen molar-refractivity contribution in [3.05, 3.63) is 0 Å². The minimum absolute atomic E-state index is 0.190. The number of rotatable bonds is 11. The number of carbonyl (C=O) groups is 1. The fraction of sp³-hybridized carbons (Fsp3) is 0.938. The van der Waals surface area contributed by atoms with Crippen LogP contribution in [0.4, 0.5) is 0 Å². The summed E-state index contributed by atoms with van der Waals surface area (Å²) in [6.45, 7) is 8.47. The van der Waals surface area contributed by atoms with Gasteiger partial charge in [-0.25, -0.2) is 0 Å². The van der Waals surface area contributed by atoms with Crippen LogP contribution in [0.2, 0.25) is 0 Å². The molecule has 1 amide bonds. The molecule has 0 aromatic heterocycles. The molecule has 124 valence electrons. The Bertz CT molecular complexity index is 262. The normalized spacial score (nSPS) is 17.6. The average Bonchev–Trinajstić information content (AvgIpc) is 2.51. The highest BCUT2D eigenvalue weighted by atomic mass is 16.5. The van der Waals surface area contributed by atoms with Crippen LogP contribution >= 0.6 is 0 Å². The standard InChI is InChI=1S/C16H33N3O2/c1-2-4-15(7-8-17)5-6-16(20)18-9-3-10-19-11-13-21-14-12-19/h15H,2-14,17H2,1H3,(H,18,20). The Morgan fingerprint density at radius 2 is 2.05 bits per heavy atom. The summed E-state index contributed by atoms with van der Waals surface area (Å²) in [5, 5.41) is 3.03. The molecule has 0 saturated carbocycles. The van der Waals surface area contributed by atoms with E-state index in [4.69, 9.17) is 10.5 Å². The smallest absolute Gasteiger partial charge is 0.220 e. The lowest BCUT2D eigenvalue weighted by Gasteiger charge is -2.26. The molecule has 0 aromatic rings. The molecule has 1 atom stereocenters. The first-order chi connectivity index (χ1) is 10.3. The monoisotopic (exact) mass is 299 g/mol. The molecule has 1 fully saturated rings. The highest BCUT2D eigenvalue weighted by molar-refractivity contribution is 5.75. The molecule has 1 aliphatic heterocycles. The van der Waals surface area contributed by atoms with E-state index in [9.17, 15) is 4.79 Å². The molecule has 1 heterocycles. The van der Waals surface area contributed by atoms with E-state index >= 15 is 0 Å². The second kappa shape index (κ2) is 12.0. The minimum Gasteiger partial charge on any atom is -0.379 e. The quantitative estimate of drug-likeness (QED) is 0.566. The first-order valence-corrected chi connectivity index (χ1v) is 8.53. The molecule has 0 radical (unpaired) electrons. The van der Waals surface area contributed by atoms with E-state index in [1.54, 1.807) is 0 Å². The van der Waals surface area contributed by atoms with Crippen LogP contribution in [0, 0.1) is 5.92 Å². The Labute approximate surface area is 129 Å². The van der Waals surface area contributed by atoms with Gasteiger partial charge in [0.05, 0.1) is 13.2 Å². The van der Waals surface area contributed by atoms with Crippen LogP contribution in [0.1, 0.15) is 45.4 Å². The number of amides is 1. The highest BCUT2D eigenvalue weighted by Gasteiger charge is 2.11. The molecule has 0 bridgehead atoms. The molecule has 1 aliphatic rings. The largest absolute Gasteiger partial charge is 0.379 e. The zero-order valence-electron chi connectivity index (χ0n) is 13.6. The molecular weight excluding hydrogens is 266 g/mol. The van der Waals surface area contributed by atoms with Crippen LogP contribution in [0.3, 0.4) is 0 Å². The Morgan fingerprint density at radius 1 is 1.29 bits per heavy atom. The van der Waals surface area contributed by atoms with Crippen molar-refractivity contribution in [3.8, 4) is 0 Å². The fourth-order valence-electron chi connectivity index (χ4n) is 2.86. The summed E-state index contributed by atoms with van der Waals surface area (Å²) in [5.41, 5.74) is 5.62. The number of hydrogen-bond acceptors (Lipinski definition) is 4. The molecular formula is C16H33N3O2. The maximum atomic E-state index is 11.8. The van der Waals surface area contributed by atoms with Crippen LogP contribution in [-0.2, 0) is 9.53 Å². The lowest BCUT2D eigenvalue weighted by atomic mass is 9.94. The van der Waals surface area contributed by atoms with Gasteiger partial charge < -0.3 is 15.8 Å². The van der Waals surface area contributed by atoms with E-state index in [0.29, 0.717) is 12.3 Å². The Balaban J connectivity index is 2.01. The van der Waals surface area contributed by atoms with Gasteiger partial charge in [0, 0.05) is 26.1 Å². The molecule has 0 aliphatic carbocycles. The summed E-state index contributed by atoms with van der Waals surface area (Å²) in [7, 11) is 0. The fourth-order valence-corrected chi connectivity index (χ4v) is 2.86. The first-order valence-electron chi connectivity index (χ1n) is 8.53. The SMILES string of the molecule is CCCC(CCN)CCC(=O)NCCCN1CCOCC1. The molecule has 5 nitrogen and oxygen atoms in total. The van der Waals surface area contributed by atoms with Crippen molar-refractivity contribution in [2.24, 2.45) is 11.7 Å². The van der Waals surface area contributed by atoms with Crippen molar-refractivity contribution >= 4 is 5.91 Å². The number of nitrogens with two attached hydrogens (primary N) is 1. The summed E-state index contributed by atoms with van der Waals surface area (Å²) in [6.07, 6.45) is 6.03. The van der Waals surface area contributed by atoms with Gasteiger partial charge in [0.15, 0.2) is 0 Å². The summed E-state index contributed by atoms with van der Waals surface area (Å²) in [4.78, 5) is 14.2. The van der Waals surface area contributed by atoms with E-state index < -0.39 is 0 Å². The number of carbonyl (C=O) groups excluding carboxylic acids is 1. The number of ether oxygens (including phenoxy) is 1. The topological polar surface area (TPSA) is 67.6 Å². The van der Waals surface area contributed by atoms with E-state index in [-0.39, 0.29) is 5.91 Å². The number of hydrogen-bond donors (Lipinski definition) is 2. The zero-order valence-corrected chi connectivity index (χ0v) is 13.6. The van der Waals surface area contributed by atoms with Crippen molar-refractivity contribution < 1.29 is 9.53 Å². The van der Waals surface area contributed by atoms with E-state index in [1.165, 1.54) is 12.8 Å². The molecule has 3 N–H and O–H groups in total. The highest BCUT2D eigenvalue weighted by Crippen LogP contribution is 2.16. The Hall–Kier alpha value is -0.650. The number of nitrogens with zero attached hydrogens (tertiary/aromatic N) is 1. The first kappa shape index (κ1) is 18.4. The minimum atomic E-state index is 0.190. The van der Waals surface area contributed by atoms with Crippen molar-refractivity contribution in [1.29, 1.82) is 0 Å². The summed E-state index contributed by atoms with van der Waals surface area (Å²) >= 11 is 0. The van der Waals surface area contributed by atoms with Gasteiger partial charge >= 0.3 is 0 Å². The van der Waals surface area contributed by atoms with Crippen molar-refractivity contribution in [1.82, 2.24) is 10.2 Å². The molecule has 5 heteroatoms. The lowest BCUT2D eigenvalue weighted by Crippen LogP contribution is -2.38. The van der Waals surface area contributed by atoms with Crippen molar-refractivity contribution in [2.45, 2.75) is 45.4 Å². The third kappa shape index (κ3) is 9.06. The Kier molecular flexibility index (Phi) is 10.5. The second-order valence-electron chi connectivity index (χ2n) is 5.93. The van der Waals surface area contributed by atoms with Crippen LogP contribution in [0.25, 0.3) is 0 Å². The van der Waals surface area contributed by atoms with E-state index in [1.807, 2.05) is 0 Å². The second-order valence-corrected chi connectivity index (χ2v) is 5.93. The molecule has 1 unspecified atom stereocenters. The molecule has 21 heavy (non-hydrogen) atoms. The number of nitrogens with one attached hydrogen (secondary N) is 1.